The number of halogens is 2. The monoisotopic (exact) mass is 280 g/mol. The zero-order valence-corrected chi connectivity index (χ0v) is 10.6. The van der Waals surface area contributed by atoms with Crippen LogP contribution in [0.3, 0.4) is 0 Å². The number of thioether (sulfide) groups is 1. The standard InChI is InChI=1S/C14H10F2O2S/c15-14(16)18-11-8-6-10(7-9-11)13(17)19-12-4-2-1-3-5-12/h1-9,14H. The van der Waals surface area contributed by atoms with Crippen LogP contribution in [0.2, 0.25) is 0 Å². The maximum atomic E-state index is 12.0. The van der Waals surface area contributed by atoms with Gasteiger partial charge in [-0.3, -0.25) is 4.79 Å². The smallest absolute Gasteiger partial charge is 0.387 e. The minimum atomic E-state index is -2.86. The first-order valence-electron chi connectivity index (χ1n) is 5.47. The molecular weight excluding hydrogens is 270 g/mol. The predicted octanol–water partition coefficient (Wildman–Crippen LogP) is 4.22. The summed E-state index contributed by atoms with van der Waals surface area (Å²) < 4.78 is 28.2. The Hall–Kier alpha value is -1.88. The van der Waals surface area contributed by atoms with E-state index in [-0.39, 0.29) is 10.9 Å². The van der Waals surface area contributed by atoms with Gasteiger partial charge in [0.1, 0.15) is 5.75 Å². The zero-order chi connectivity index (χ0) is 13.7. The van der Waals surface area contributed by atoms with Crippen molar-refractivity contribution in [1.82, 2.24) is 0 Å². The molecule has 19 heavy (non-hydrogen) atoms. The lowest BCUT2D eigenvalue weighted by Gasteiger charge is -2.05. The number of ether oxygens (including phenoxy) is 1. The maximum Gasteiger partial charge on any atom is 0.387 e. The molecule has 0 atom stereocenters. The molecule has 0 bridgehead atoms. The Morgan fingerprint density at radius 1 is 1.00 bits per heavy atom. The summed E-state index contributed by atoms with van der Waals surface area (Å²) in [6.45, 7) is -2.86. The SMILES string of the molecule is O=C(Sc1ccccc1)c1ccc(OC(F)F)cc1. The van der Waals surface area contributed by atoms with Crippen molar-refractivity contribution < 1.29 is 18.3 Å². The van der Waals surface area contributed by atoms with E-state index in [1.165, 1.54) is 24.3 Å². The molecular formula is C14H10F2O2S. The van der Waals surface area contributed by atoms with Crippen LogP contribution in [0.25, 0.3) is 0 Å². The average molecular weight is 280 g/mol. The van der Waals surface area contributed by atoms with Crippen molar-refractivity contribution in [2.45, 2.75) is 11.5 Å². The van der Waals surface area contributed by atoms with Crippen LogP contribution >= 0.6 is 11.8 Å². The first-order chi connectivity index (χ1) is 9.15. The van der Waals surface area contributed by atoms with Gasteiger partial charge in [-0.15, -0.1) is 0 Å². The maximum absolute atomic E-state index is 12.0. The van der Waals surface area contributed by atoms with Crippen LogP contribution in [0, 0.1) is 0 Å². The molecule has 0 aliphatic carbocycles. The molecule has 5 heteroatoms. The molecule has 0 spiro atoms. The third-order valence-electron chi connectivity index (χ3n) is 2.27. The van der Waals surface area contributed by atoms with Gasteiger partial charge in [-0.1, -0.05) is 18.2 Å². The predicted molar refractivity (Wildman–Crippen MR) is 69.7 cm³/mol. The first kappa shape index (κ1) is 13.5. The molecule has 0 radical (unpaired) electrons. The van der Waals surface area contributed by atoms with Crippen LogP contribution in [0.5, 0.6) is 5.75 Å². The van der Waals surface area contributed by atoms with Crippen LogP contribution in [-0.4, -0.2) is 11.7 Å². The third-order valence-corrected chi connectivity index (χ3v) is 3.20. The molecule has 0 aliphatic heterocycles. The number of alkyl halides is 2. The number of rotatable bonds is 4. The summed E-state index contributed by atoms with van der Waals surface area (Å²) in [5.74, 6) is 0.0382. The second-order valence-corrected chi connectivity index (χ2v) is 4.65. The second-order valence-electron chi connectivity index (χ2n) is 3.61. The molecule has 0 heterocycles. The molecule has 0 aromatic heterocycles. The molecule has 2 aromatic carbocycles. The summed E-state index contributed by atoms with van der Waals surface area (Å²) in [5, 5.41) is -0.144. The Balaban J connectivity index is 2.04. The molecule has 0 fully saturated rings. The number of carbonyl (C=O) groups is 1. The van der Waals surface area contributed by atoms with Crippen LogP contribution in [0.1, 0.15) is 10.4 Å². The highest BCUT2D eigenvalue weighted by Gasteiger charge is 2.09. The van der Waals surface area contributed by atoms with Crippen molar-refractivity contribution in [3.05, 3.63) is 60.2 Å². The van der Waals surface area contributed by atoms with E-state index in [1.54, 1.807) is 0 Å². The topological polar surface area (TPSA) is 26.3 Å². The average Bonchev–Trinajstić information content (AvgIpc) is 2.40. The van der Waals surface area contributed by atoms with Crippen molar-refractivity contribution in [2.75, 3.05) is 0 Å². The summed E-state index contributed by atoms with van der Waals surface area (Å²) in [7, 11) is 0. The summed E-state index contributed by atoms with van der Waals surface area (Å²) >= 11 is 1.09. The van der Waals surface area contributed by atoms with Crippen molar-refractivity contribution in [1.29, 1.82) is 0 Å². The normalized spacial score (nSPS) is 10.5. The molecule has 0 saturated carbocycles. The highest BCUT2D eigenvalue weighted by Crippen LogP contribution is 2.24. The molecule has 0 amide bonds. The van der Waals surface area contributed by atoms with Crippen LogP contribution in [-0.2, 0) is 0 Å². The Labute approximate surface area is 113 Å². The van der Waals surface area contributed by atoms with E-state index in [1.807, 2.05) is 30.3 Å². The summed E-state index contributed by atoms with van der Waals surface area (Å²) in [4.78, 5) is 12.8. The number of benzene rings is 2. The van der Waals surface area contributed by atoms with Crippen molar-refractivity contribution in [3.8, 4) is 5.75 Å². The summed E-state index contributed by atoms with van der Waals surface area (Å²) in [5.41, 5.74) is 0.440. The molecule has 2 aromatic rings. The van der Waals surface area contributed by atoms with Gasteiger partial charge in [0.15, 0.2) is 0 Å². The van der Waals surface area contributed by atoms with E-state index in [9.17, 15) is 13.6 Å². The zero-order valence-electron chi connectivity index (χ0n) is 9.75. The van der Waals surface area contributed by atoms with Gasteiger partial charge in [0.05, 0.1) is 0 Å². The fourth-order valence-corrected chi connectivity index (χ4v) is 2.19. The Morgan fingerprint density at radius 2 is 1.63 bits per heavy atom. The van der Waals surface area contributed by atoms with Gasteiger partial charge in [-0.05, 0) is 48.2 Å². The van der Waals surface area contributed by atoms with Gasteiger partial charge < -0.3 is 4.74 Å². The van der Waals surface area contributed by atoms with E-state index < -0.39 is 6.61 Å². The second kappa shape index (κ2) is 6.33. The van der Waals surface area contributed by atoms with E-state index in [2.05, 4.69) is 4.74 Å². The van der Waals surface area contributed by atoms with Gasteiger partial charge in [0.25, 0.3) is 0 Å². The van der Waals surface area contributed by atoms with Crippen LogP contribution in [0.4, 0.5) is 8.78 Å². The van der Waals surface area contributed by atoms with E-state index >= 15 is 0 Å². The van der Waals surface area contributed by atoms with Crippen LogP contribution in [0.15, 0.2) is 59.5 Å². The van der Waals surface area contributed by atoms with Gasteiger partial charge in [-0.2, -0.15) is 8.78 Å². The number of carbonyl (C=O) groups excluding carboxylic acids is 1. The van der Waals surface area contributed by atoms with Crippen molar-refractivity contribution in [3.63, 3.8) is 0 Å². The van der Waals surface area contributed by atoms with Gasteiger partial charge in [0, 0.05) is 10.5 Å². The van der Waals surface area contributed by atoms with E-state index in [0.717, 1.165) is 16.7 Å². The van der Waals surface area contributed by atoms with Gasteiger partial charge >= 0.3 is 6.61 Å². The molecule has 0 N–H and O–H groups in total. The molecule has 0 aliphatic rings. The molecule has 0 unspecified atom stereocenters. The van der Waals surface area contributed by atoms with Crippen LogP contribution < -0.4 is 4.74 Å². The van der Waals surface area contributed by atoms with Crippen molar-refractivity contribution >= 4 is 16.9 Å². The minimum Gasteiger partial charge on any atom is -0.435 e. The highest BCUT2D eigenvalue weighted by molar-refractivity contribution is 8.14. The minimum absolute atomic E-state index is 0.0382. The fraction of sp³-hybridized carbons (Fsp3) is 0.0714. The molecule has 2 nitrogen and oxygen atoms in total. The highest BCUT2D eigenvalue weighted by atomic mass is 32.2. The molecule has 98 valence electrons. The number of hydrogen-bond acceptors (Lipinski definition) is 3. The summed E-state index contributed by atoms with van der Waals surface area (Å²) in [6, 6.07) is 14.9. The third kappa shape index (κ3) is 4.06. The van der Waals surface area contributed by atoms with E-state index in [4.69, 9.17) is 0 Å². The fourth-order valence-electron chi connectivity index (χ4n) is 1.43. The lowest BCUT2D eigenvalue weighted by atomic mass is 10.2. The Kier molecular flexibility index (Phi) is 4.52. The van der Waals surface area contributed by atoms with Crippen molar-refractivity contribution in [2.24, 2.45) is 0 Å². The Morgan fingerprint density at radius 3 is 2.21 bits per heavy atom. The molecule has 0 saturated heterocycles. The lowest BCUT2D eigenvalue weighted by Crippen LogP contribution is -2.02. The van der Waals surface area contributed by atoms with E-state index in [0.29, 0.717) is 5.56 Å². The molecule has 2 rings (SSSR count). The number of hydrogen-bond donors (Lipinski definition) is 0. The summed E-state index contributed by atoms with van der Waals surface area (Å²) in [6.07, 6.45) is 0. The van der Waals surface area contributed by atoms with Gasteiger partial charge in [-0.25, -0.2) is 0 Å². The van der Waals surface area contributed by atoms with Gasteiger partial charge in [0.2, 0.25) is 5.12 Å². The first-order valence-corrected chi connectivity index (χ1v) is 6.29. The largest absolute Gasteiger partial charge is 0.435 e. The Bertz CT molecular complexity index is 541. The lowest BCUT2D eigenvalue weighted by molar-refractivity contribution is -0.0498. The quantitative estimate of drug-likeness (QED) is 0.784.